The second-order valence-corrected chi connectivity index (χ2v) is 13.9. The van der Waals surface area contributed by atoms with Gasteiger partial charge in [0.25, 0.3) is 0 Å². The van der Waals surface area contributed by atoms with E-state index in [1.807, 2.05) is 115 Å². The molecule has 0 unspecified atom stereocenters. The Bertz CT molecular complexity index is 2910. The van der Waals surface area contributed by atoms with Crippen LogP contribution in [0.3, 0.4) is 0 Å². The normalized spacial score (nSPS) is 11.0. The zero-order chi connectivity index (χ0) is 39.6. The van der Waals surface area contributed by atoms with Gasteiger partial charge in [-0.3, -0.25) is 0 Å². The molecule has 0 aliphatic carbocycles. The smallest absolute Gasteiger partial charge is 0.336 e. The van der Waals surface area contributed by atoms with Gasteiger partial charge in [0.1, 0.15) is 0 Å². The fourth-order valence-electron chi connectivity index (χ4n) is 8.10. The lowest BCUT2D eigenvalue weighted by Gasteiger charge is -2.30. The van der Waals surface area contributed by atoms with Crippen LogP contribution in [0.1, 0.15) is 20.7 Å². The van der Waals surface area contributed by atoms with Gasteiger partial charge in [0.05, 0.1) is 16.8 Å². The number of nitrogens with zero attached hydrogens (tertiary/aromatic N) is 2. The molecule has 0 aliphatic rings. The molecule has 6 heteroatoms. The van der Waals surface area contributed by atoms with Crippen molar-refractivity contribution in [2.24, 2.45) is 0 Å². The lowest BCUT2D eigenvalue weighted by molar-refractivity contribution is 0.0687. The molecule has 0 spiro atoms. The number of aromatic carboxylic acids is 2. The Balaban J connectivity index is 1.37. The van der Waals surface area contributed by atoms with Gasteiger partial charge in [-0.05, 0) is 112 Å². The lowest BCUT2D eigenvalue weighted by Crippen LogP contribution is -2.13. The van der Waals surface area contributed by atoms with Crippen LogP contribution in [0, 0.1) is 0 Å². The van der Waals surface area contributed by atoms with Crippen molar-refractivity contribution in [3.8, 4) is 22.3 Å². The maximum Gasteiger partial charge on any atom is 0.336 e. The van der Waals surface area contributed by atoms with Crippen molar-refractivity contribution in [3.63, 3.8) is 0 Å². The number of fused-ring (bicyclic) bond motifs is 2. The molecule has 9 rings (SSSR count). The number of hydrogen-bond acceptors (Lipinski definition) is 4. The number of benzene rings is 9. The second-order valence-electron chi connectivity index (χ2n) is 13.9. The molecule has 0 aromatic heterocycles. The van der Waals surface area contributed by atoms with Crippen LogP contribution in [0.25, 0.3) is 43.8 Å². The molecule has 0 saturated carbocycles. The van der Waals surface area contributed by atoms with Crippen LogP contribution in [0.2, 0.25) is 0 Å². The first-order valence-electron chi connectivity index (χ1n) is 19.0. The summed E-state index contributed by atoms with van der Waals surface area (Å²) < 4.78 is 0. The van der Waals surface area contributed by atoms with Gasteiger partial charge in [0, 0.05) is 39.4 Å². The van der Waals surface area contributed by atoms with Gasteiger partial charge in [-0.25, -0.2) is 9.59 Å². The highest BCUT2D eigenvalue weighted by Crippen LogP contribution is 2.50. The maximum absolute atomic E-state index is 12.9. The zero-order valence-electron chi connectivity index (χ0n) is 31.2. The first-order valence-corrected chi connectivity index (χ1v) is 19.0. The van der Waals surface area contributed by atoms with Crippen LogP contribution < -0.4 is 9.80 Å². The van der Waals surface area contributed by atoms with E-state index in [-0.39, 0.29) is 11.1 Å². The number of rotatable bonds is 10. The molecule has 278 valence electrons. The summed E-state index contributed by atoms with van der Waals surface area (Å²) >= 11 is 0. The summed E-state index contributed by atoms with van der Waals surface area (Å²) in [6.07, 6.45) is 0. The average Bonchev–Trinajstić information content (AvgIpc) is 3.27. The third-order valence-corrected chi connectivity index (χ3v) is 10.5. The van der Waals surface area contributed by atoms with Crippen LogP contribution in [-0.4, -0.2) is 22.2 Å². The monoisotopic (exact) mass is 752 g/mol. The maximum atomic E-state index is 12.9. The first kappa shape index (κ1) is 35.7. The summed E-state index contributed by atoms with van der Waals surface area (Å²) in [6, 6.07) is 67.1. The quantitative estimate of drug-likeness (QED) is 0.135. The standard InChI is InChI=1S/C52H36N2O4/c55-51(56)44-27-14-12-25-42(44)48-40-23-10-11-24-41(40)49(43-26-13-15-28-45(43)52(57)58)50-46(48)29-16-30-47(50)54(37-21-8-3-9-22-37)39-33-31-38(32-34-39)53(35-17-4-1-5-18-35)36-19-6-2-7-20-36/h1-34H,(H,55,56)(H,57,58). The summed E-state index contributed by atoms with van der Waals surface area (Å²) in [5.41, 5.74) is 8.57. The Morgan fingerprint density at radius 3 is 1.19 bits per heavy atom. The Hall–Kier alpha value is -7.96. The minimum Gasteiger partial charge on any atom is -0.478 e. The topological polar surface area (TPSA) is 81.1 Å². The highest BCUT2D eigenvalue weighted by Gasteiger charge is 2.26. The minimum atomic E-state index is -1.04. The predicted molar refractivity (Wildman–Crippen MR) is 236 cm³/mol. The van der Waals surface area contributed by atoms with Gasteiger partial charge in [0.15, 0.2) is 0 Å². The SMILES string of the molecule is O=C(O)c1ccccc1-c1c2ccccc2c(-c2ccccc2C(=O)O)c2c(N(c3ccccc3)c3ccc(N(c4ccccc4)c4ccccc4)cc3)cccc12. The zero-order valence-corrected chi connectivity index (χ0v) is 31.2. The van der Waals surface area contributed by atoms with E-state index in [0.29, 0.717) is 11.1 Å². The highest BCUT2D eigenvalue weighted by molar-refractivity contribution is 6.27. The van der Waals surface area contributed by atoms with Crippen LogP contribution in [0.5, 0.6) is 0 Å². The highest BCUT2D eigenvalue weighted by atomic mass is 16.4. The van der Waals surface area contributed by atoms with Gasteiger partial charge in [0.2, 0.25) is 0 Å². The number of carboxylic acids is 2. The van der Waals surface area contributed by atoms with E-state index in [1.54, 1.807) is 24.3 Å². The summed E-state index contributed by atoms with van der Waals surface area (Å²) in [7, 11) is 0. The van der Waals surface area contributed by atoms with Gasteiger partial charge >= 0.3 is 11.9 Å². The summed E-state index contributed by atoms with van der Waals surface area (Å²) in [5.74, 6) is -2.07. The van der Waals surface area contributed by atoms with Crippen LogP contribution in [0.15, 0.2) is 206 Å². The van der Waals surface area contributed by atoms with Gasteiger partial charge in [-0.15, -0.1) is 0 Å². The molecular formula is C52H36N2O4. The number of carboxylic acid groups (broad SMARTS) is 2. The molecule has 0 saturated heterocycles. The number of carbonyl (C=O) groups is 2. The lowest BCUT2D eigenvalue weighted by atomic mass is 9.83. The Morgan fingerprint density at radius 1 is 0.328 bits per heavy atom. The summed E-state index contributed by atoms with van der Waals surface area (Å²) in [5, 5.41) is 24.3. The molecule has 9 aromatic rings. The van der Waals surface area contributed by atoms with Crippen LogP contribution in [-0.2, 0) is 0 Å². The molecule has 2 N–H and O–H groups in total. The molecule has 0 heterocycles. The molecule has 9 aromatic carbocycles. The first-order chi connectivity index (χ1) is 28.5. The van der Waals surface area contributed by atoms with Gasteiger partial charge in [-0.1, -0.05) is 127 Å². The number of anilines is 6. The number of hydrogen-bond donors (Lipinski definition) is 2. The van der Waals surface area contributed by atoms with Crippen molar-refractivity contribution >= 4 is 67.6 Å². The van der Waals surface area contributed by atoms with E-state index < -0.39 is 11.9 Å². The van der Waals surface area contributed by atoms with Crippen molar-refractivity contribution in [1.29, 1.82) is 0 Å². The van der Waals surface area contributed by atoms with Crippen molar-refractivity contribution in [1.82, 2.24) is 0 Å². The van der Waals surface area contributed by atoms with E-state index in [1.165, 1.54) is 0 Å². The van der Waals surface area contributed by atoms with Crippen molar-refractivity contribution in [2.75, 3.05) is 9.80 Å². The molecule has 6 nitrogen and oxygen atoms in total. The van der Waals surface area contributed by atoms with E-state index >= 15 is 0 Å². The fourth-order valence-corrected chi connectivity index (χ4v) is 8.10. The van der Waals surface area contributed by atoms with E-state index in [0.717, 1.165) is 66.8 Å². The second kappa shape index (κ2) is 15.3. The van der Waals surface area contributed by atoms with Crippen LogP contribution in [0.4, 0.5) is 34.1 Å². The average molecular weight is 753 g/mol. The van der Waals surface area contributed by atoms with Gasteiger partial charge in [-0.2, -0.15) is 0 Å². The van der Waals surface area contributed by atoms with Crippen LogP contribution >= 0.6 is 0 Å². The summed E-state index contributed by atoms with van der Waals surface area (Å²) in [4.78, 5) is 30.2. The summed E-state index contributed by atoms with van der Waals surface area (Å²) in [6.45, 7) is 0. The van der Waals surface area contributed by atoms with E-state index in [9.17, 15) is 19.8 Å². The molecule has 0 bridgehead atoms. The van der Waals surface area contributed by atoms with Crippen molar-refractivity contribution in [2.45, 2.75) is 0 Å². The molecule has 0 fully saturated rings. The molecule has 58 heavy (non-hydrogen) atoms. The van der Waals surface area contributed by atoms with Crippen molar-refractivity contribution in [3.05, 3.63) is 217 Å². The Kier molecular flexibility index (Phi) is 9.42. The Morgan fingerprint density at radius 2 is 0.690 bits per heavy atom. The Labute approximate surface area is 335 Å². The van der Waals surface area contributed by atoms with Crippen molar-refractivity contribution < 1.29 is 19.8 Å². The number of para-hydroxylation sites is 3. The predicted octanol–water partition coefficient (Wildman–Crippen LogP) is 13.7. The van der Waals surface area contributed by atoms with Gasteiger partial charge < -0.3 is 20.0 Å². The van der Waals surface area contributed by atoms with E-state index in [2.05, 4.69) is 76.5 Å². The molecule has 0 amide bonds. The minimum absolute atomic E-state index is 0.167. The molecular weight excluding hydrogens is 717 g/mol. The largest absolute Gasteiger partial charge is 0.478 e. The third-order valence-electron chi connectivity index (χ3n) is 10.5. The molecule has 0 aliphatic heterocycles. The van der Waals surface area contributed by atoms with E-state index in [4.69, 9.17) is 0 Å². The third kappa shape index (κ3) is 6.38. The molecule has 0 radical (unpaired) electrons. The fraction of sp³-hybridized carbons (Fsp3) is 0. The molecule has 0 atom stereocenters.